The molecule has 0 spiro atoms. The maximum Gasteiger partial charge on any atom is 0.530 e. The van der Waals surface area contributed by atoms with E-state index in [-0.39, 0.29) is 38.8 Å². The number of nitrogens with one attached hydrogen (secondary N) is 1. The normalized spacial score (nSPS) is 13.0. The molecular formula is C14H22B2NO9P. The van der Waals surface area contributed by atoms with Gasteiger partial charge in [0, 0.05) is 0 Å². The Labute approximate surface area is 159 Å². The minimum absolute atomic E-state index is 0.00320. The zero-order chi connectivity index (χ0) is 20.0. The third kappa shape index (κ3) is 9.95. The fourth-order valence-electron chi connectivity index (χ4n) is 1.63. The molecule has 13 heteroatoms. The van der Waals surface area contributed by atoms with Gasteiger partial charge in [0.25, 0.3) is 8.05 Å². The van der Waals surface area contributed by atoms with Crippen LogP contribution in [0, 0.1) is 0 Å². The first kappa shape index (κ1) is 22.9. The summed E-state index contributed by atoms with van der Waals surface area (Å²) < 4.78 is 43.1. The second kappa shape index (κ2) is 13.1. The number of hydrogen-bond donors (Lipinski definition) is 2. The molecule has 1 atom stereocenters. The van der Waals surface area contributed by atoms with E-state index < -0.39 is 13.9 Å². The van der Waals surface area contributed by atoms with Crippen molar-refractivity contribution in [1.29, 1.82) is 0 Å². The first-order valence-electron chi connectivity index (χ1n) is 7.95. The van der Waals surface area contributed by atoms with E-state index in [0.29, 0.717) is 5.56 Å². The number of benzene rings is 1. The molecule has 0 aromatic heterocycles. The lowest BCUT2D eigenvalue weighted by Crippen LogP contribution is -2.20. The Morgan fingerprint density at radius 1 is 1.15 bits per heavy atom. The molecule has 0 bridgehead atoms. The van der Waals surface area contributed by atoms with Crippen LogP contribution in [0.4, 0.5) is 4.79 Å². The van der Waals surface area contributed by atoms with E-state index >= 15 is 0 Å². The number of aliphatic hydroxyl groups excluding tert-OH is 1. The van der Waals surface area contributed by atoms with E-state index in [1.54, 1.807) is 24.3 Å². The molecule has 1 aromatic rings. The average molecular weight is 401 g/mol. The van der Waals surface area contributed by atoms with Gasteiger partial charge < -0.3 is 29.0 Å². The molecule has 0 aliphatic rings. The fourth-order valence-corrected chi connectivity index (χ4v) is 2.78. The van der Waals surface area contributed by atoms with E-state index in [2.05, 4.69) is 5.23 Å². The van der Waals surface area contributed by atoms with Crippen molar-refractivity contribution >= 4 is 29.9 Å². The Bertz CT molecular complexity index is 630. The summed E-state index contributed by atoms with van der Waals surface area (Å²) in [6.45, 7) is 0.230. The van der Waals surface area contributed by atoms with Crippen molar-refractivity contribution in [3.8, 4) is 5.75 Å². The molecule has 0 fully saturated rings. The van der Waals surface area contributed by atoms with Gasteiger partial charge >= 0.3 is 13.9 Å². The van der Waals surface area contributed by atoms with Gasteiger partial charge in [-0.3, -0.25) is 9.05 Å². The molecule has 1 rings (SSSR count). The van der Waals surface area contributed by atoms with Crippen molar-refractivity contribution in [2.75, 3.05) is 26.4 Å². The summed E-state index contributed by atoms with van der Waals surface area (Å²) in [7, 11) is -0.972. The van der Waals surface area contributed by atoms with Crippen LogP contribution in [0.3, 0.4) is 0 Å². The lowest BCUT2D eigenvalue weighted by atomic mass is 10.2. The highest BCUT2D eigenvalue weighted by atomic mass is 31.2. The van der Waals surface area contributed by atoms with Crippen LogP contribution < -0.4 is 9.75 Å². The van der Waals surface area contributed by atoms with Crippen LogP contribution in [0.5, 0.6) is 5.75 Å². The van der Waals surface area contributed by atoms with Crippen LogP contribution in [0.15, 0.2) is 36.8 Å². The first-order valence-corrected chi connectivity index (χ1v) is 9.41. The Morgan fingerprint density at radius 2 is 1.81 bits per heavy atom. The van der Waals surface area contributed by atoms with Gasteiger partial charge in [0.2, 0.25) is 7.98 Å². The summed E-state index contributed by atoms with van der Waals surface area (Å²) in [5.41, 5.74) is 0.714. The molecule has 2 N–H and O–H groups in total. The van der Waals surface area contributed by atoms with Crippen molar-refractivity contribution in [1.82, 2.24) is 5.23 Å². The van der Waals surface area contributed by atoms with Gasteiger partial charge in [-0.1, -0.05) is 12.1 Å². The van der Waals surface area contributed by atoms with Gasteiger partial charge in [-0.2, -0.15) is 0 Å². The number of hydrogen-bond acceptors (Lipinski definition) is 9. The predicted molar refractivity (Wildman–Crippen MR) is 101 cm³/mol. The SMILES string of the molecule is BNC(=O)OCc1ccc(OP(=O)(OCCOB)OCCO/C=C/O)cc1. The van der Waals surface area contributed by atoms with Crippen LogP contribution in [0.1, 0.15) is 5.56 Å². The van der Waals surface area contributed by atoms with Crippen LogP contribution in [-0.4, -0.2) is 53.7 Å². The van der Waals surface area contributed by atoms with Gasteiger partial charge in [0.15, 0.2) is 0 Å². The van der Waals surface area contributed by atoms with Gasteiger partial charge in [-0.05, 0) is 17.7 Å². The number of phosphoric ester groups is 1. The topological polar surface area (TPSA) is 122 Å². The maximum absolute atomic E-state index is 12.7. The third-order valence-corrected chi connectivity index (χ3v) is 4.29. The van der Waals surface area contributed by atoms with Gasteiger partial charge in [0.1, 0.15) is 31.5 Å². The monoisotopic (exact) mass is 401 g/mol. The fraction of sp³-hybridized carbons (Fsp3) is 0.357. The average Bonchev–Trinajstić information content (AvgIpc) is 2.67. The number of amides is 1. The number of carbonyl (C=O) groups is 1. The Hall–Kier alpha value is -2.13. The van der Waals surface area contributed by atoms with Crippen molar-refractivity contribution in [2.45, 2.75) is 6.61 Å². The van der Waals surface area contributed by atoms with Crippen LogP contribution >= 0.6 is 7.82 Å². The summed E-state index contributed by atoms with van der Waals surface area (Å²) in [5, 5.41) is 10.8. The molecule has 27 heavy (non-hydrogen) atoms. The molecule has 148 valence electrons. The molecule has 0 saturated carbocycles. The summed E-state index contributed by atoms with van der Waals surface area (Å²) in [5.74, 6) is 0.246. The number of phosphoric acid groups is 1. The Kier molecular flexibility index (Phi) is 11.1. The number of aliphatic hydroxyl groups is 1. The quantitative estimate of drug-likeness (QED) is 0.212. The first-order chi connectivity index (χ1) is 13.0. The van der Waals surface area contributed by atoms with Gasteiger partial charge in [-0.15, -0.1) is 0 Å². The number of rotatable bonds is 13. The van der Waals surface area contributed by atoms with E-state index in [1.807, 2.05) is 0 Å². The second-order valence-corrected chi connectivity index (χ2v) is 6.42. The molecule has 1 amide bonds. The predicted octanol–water partition coefficient (Wildman–Crippen LogP) is 0.591. The van der Waals surface area contributed by atoms with Gasteiger partial charge in [0.05, 0.1) is 19.8 Å². The summed E-state index contributed by atoms with van der Waals surface area (Å²) in [6, 6.07) is 6.38. The van der Waals surface area contributed by atoms with Gasteiger partial charge in [-0.25, -0.2) is 9.36 Å². The van der Waals surface area contributed by atoms with Crippen molar-refractivity contribution in [3.63, 3.8) is 0 Å². The molecule has 1 unspecified atom stereocenters. The highest BCUT2D eigenvalue weighted by Gasteiger charge is 2.28. The summed E-state index contributed by atoms with van der Waals surface area (Å²) >= 11 is 0. The molecule has 1 aromatic carbocycles. The molecule has 0 aliphatic heterocycles. The molecule has 10 nitrogen and oxygen atoms in total. The van der Waals surface area contributed by atoms with E-state index in [9.17, 15) is 9.36 Å². The van der Waals surface area contributed by atoms with Crippen molar-refractivity contribution in [3.05, 3.63) is 42.4 Å². The lowest BCUT2D eigenvalue weighted by Gasteiger charge is -2.18. The molecular weight excluding hydrogens is 379 g/mol. The Balaban J connectivity index is 2.64. The standard InChI is InChI=1S/C14H22B2NO9P/c15-17-14(19)22-11-12-1-3-13(4-2-12)26-27(20,25-10-8-23-16)24-9-7-21-6-5-18/h1-6,18H,7-11,15-16H2,(H,17,19)/b6-5+. The smallest absolute Gasteiger partial charge is 0.512 e. The number of ether oxygens (including phenoxy) is 2. The van der Waals surface area contributed by atoms with Crippen LogP contribution in [-0.2, 0) is 34.3 Å². The Morgan fingerprint density at radius 3 is 2.41 bits per heavy atom. The van der Waals surface area contributed by atoms with Crippen LogP contribution in [0.25, 0.3) is 0 Å². The zero-order valence-corrected chi connectivity index (χ0v) is 16.1. The summed E-state index contributed by atoms with van der Waals surface area (Å²) in [4.78, 5) is 11.1. The largest absolute Gasteiger partial charge is 0.530 e. The van der Waals surface area contributed by atoms with E-state index in [0.717, 1.165) is 12.5 Å². The summed E-state index contributed by atoms with van der Waals surface area (Å²) in [6.07, 6.45) is 1.24. The lowest BCUT2D eigenvalue weighted by molar-refractivity contribution is 0.110. The second-order valence-electron chi connectivity index (χ2n) is 4.82. The minimum atomic E-state index is -3.91. The highest BCUT2D eigenvalue weighted by Crippen LogP contribution is 2.49. The highest BCUT2D eigenvalue weighted by molar-refractivity contribution is 7.48. The molecule has 0 heterocycles. The van der Waals surface area contributed by atoms with E-state index in [4.69, 9.17) is 32.8 Å². The molecule has 0 aliphatic carbocycles. The zero-order valence-electron chi connectivity index (χ0n) is 15.2. The minimum Gasteiger partial charge on any atom is -0.512 e. The number of carbonyl (C=O) groups excluding carboxylic acids is 1. The van der Waals surface area contributed by atoms with E-state index in [1.165, 1.54) is 16.0 Å². The van der Waals surface area contributed by atoms with Crippen molar-refractivity contribution < 1.29 is 42.2 Å². The molecule has 0 radical (unpaired) electrons. The third-order valence-electron chi connectivity index (χ3n) is 2.86. The van der Waals surface area contributed by atoms with Crippen molar-refractivity contribution in [2.24, 2.45) is 0 Å². The molecule has 0 saturated heterocycles. The maximum atomic E-state index is 12.7. The van der Waals surface area contributed by atoms with Crippen LogP contribution in [0.2, 0.25) is 0 Å².